The van der Waals surface area contributed by atoms with Crippen LogP contribution in [0.15, 0.2) is 24.3 Å². The van der Waals surface area contributed by atoms with Crippen LogP contribution in [0.1, 0.15) is 31.9 Å². The van der Waals surface area contributed by atoms with E-state index in [4.69, 9.17) is 4.74 Å². The molecular formula is C15H19NO2S. The molecule has 1 N–H and O–H groups in total. The zero-order valence-electron chi connectivity index (χ0n) is 11.5. The van der Waals surface area contributed by atoms with Gasteiger partial charge in [0.15, 0.2) is 0 Å². The van der Waals surface area contributed by atoms with Crippen LogP contribution in [0.2, 0.25) is 0 Å². The summed E-state index contributed by atoms with van der Waals surface area (Å²) in [6.45, 7) is 5.73. The lowest BCUT2D eigenvalue weighted by atomic mass is 10.1. The summed E-state index contributed by atoms with van der Waals surface area (Å²) >= 11 is 4.21. The number of hydrogen-bond donors (Lipinski definition) is 2. The Kier molecular flexibility index (Phi) is 5.78. The highest BCUT2D eigenvalue weighted by Gasteiger charge is 2.14. The van der Waals surface area contributed by atoms with Gasteiger partial charge < -0.3 is 10.1 Å². The summed E-state index contributed by atoms with van der Waals surface area (Å²) in [6.07, 6.45) is -0.453. The molecule has 0 aromatic heterocycles. The molecule has 3 nitrogen and oxygen atoms in total. The van der Waals surface area contributed by atoms with Crippen molar-refractivity contribution in [1.82, 2.24) is 5.32 Å². The second kappa shape index (κ2) is 7.10. The van der Waals surface area contributed by atoms with E-state index in [2.05, 4.69) is 29.8 Å². The highest BCUT2D eigenvalue weighted by atomic mass is 32.1. The number of alkyl carbamates (subject to hydrolysis) is 1. The van der Waals surface area contributed by atoms with Crippen LogP contribution in [0.3, 0.4) is 0 Å². The number of carbonyl (C=O) groups is 1. The van der Waals surface area contributed by atoms with Crippen LogP contribution in [-0.4, -0.2) is 18.2 Å². The largest absolute Gasteiger partial charge is 0.444 e. The lowest BCUT2D eigenvalue weighted by molar-refractivity contribution is 0.0535. The van der Waals surface area contributed by atoms with Crippen molar-refractivity contribution >= 4 is 18.7 Å². The highest BCUT2D eigenvalue weighted by Crippen LogP contribution is 2.07. The molecule has 0 aliphatic heterocycles. The maximum absolute atomic E-state index is 11.4. The number of thiol groups is 1. The summed E-state index contributed by atoms with van der Waals surface area (Å²) in [4.78, 5) is 11.4. The summed E-state index contributed by atoms with van der Waals surface area (Å²) in [6, 6.07) is 7.84. The third kappa shape index (κ3) is 6.78. The fraction of sp³-hybridized carbons (Fsp3) is 0.400. The molecule has 1 amide bonds. The molecule has 0 saturated carbocycles. The minimum atomic E-state index is -0.488. The number of nitrogens with one attached hydrogen (secondary N) is 1. The van der Waals surface area contributed by atoms with E-state index in [1.807, 2.05) is 45.0 Å². The lowest BCUT2D eigenvalue weighted by Crippen LogP contribution is -2.32. The molecule has 1 aromatic carbocycles. The third-order valence-electron chi connectivity index (χ3n) is 2.06. The monoisotopic (exact) mass is 277 g/mol. The topological polar surface area (TPSA) is 38.3 Å². The standard InChI is InChI=1S/C15H19NO2S/c1-15(2,3)18-14(17)16-9-5-8-12-6-4-7-13(10-12)11-19/h4,6-7,10,19H,9,11H2,1-3H3,(H,16,17). The van der Waals surface area contributed by atoms with E-state index in [1.54, 1.807) is 0 Å². The smallest absolute Gasteiger partial charge is 0.408 e. The molecule has 0 fully saturated rings. The van der Waals surface area contributed by atoms with Gasteiger partial charge in [-0.25, -0.2) is 4.79 Å². The number of benzene rings is 1. The molecule has 0 saturated heterocycles. The van der Waals surface area contributed by atoms with Gasteiger partial charge in [-0.1, -0.05) is 24.0 Å². The predicted octanol–water partition coefficient (Wildman–Crippen LogP) is 2.99. The van der Waals surface area contributed by atoms with E-state index in [1.165, 1.54) is 0 Å². The molecule has 0 radical (unpaired) electrons. The van der Waals surface area contributed by atoms with Crippen LogP contribution in [0, 0.1) is 11.8 Å². The number of rotatable bonds is 2. The maximum Gasteiger partial charge on any atom is 0.408 e. The Balaban J connectivity index is 2.45. The van der Waals surface area contributed by atoms with Crippen LogP contribution >= 0.6 is 12.6 Å². The molecule has 1 rings (SSSR count). The molecule has 4 heteroatoms. The van der Waals surface area contributed by atoms with Crippen molar-refractivity contribution in [1.29, 1.82) is 0 Å². The number of carbonyl (C=O) groups excluding carboxylic acids is 1. The Morgan fingerprint density at radius 1 is 1.42 bits per heavy atom. The SMILES string of the molecule is CC(C)(C)OC(=O)NCC#Cc1cccc(CS)c1. The molecule has 102 valence electrons. The van der Waals surface area contributed by atoms with Crippen molar-refractivity contribution < 1.29 is 9.53 Å². The maximum atomic E-state index is 11.4. The molecule has 0 bridgehead atoms. The van der Waals surface area contributed by atoms with E-state index >= 15 is 0 Å². The summed E-state index contributed by atoms with van der Waals surface area (Å²) in [5, 5.41) is 2.59. The van der Waals surface area contributed by atoms with Gasteiger partial charge in [0, 0.05) is 11.3 Å². The van der Waals surface area contributed by atoms with Crippen molar-refractivity contribution in [3.05, 3.63) is 35.4 Å². The van der Waals surface area contributed by atoms with Gasteiger partial charge in [-0.2, -0.15) is 12.6 Å². The van der Waals surface area contributed by atoms with Gasteiger partial charge in [0.2, 0.25) is 0 Å². The summed E-state index contributed by atoms with van der Waals surface area (Å²) in [5.41, 5.74) is 1.55. The van der Waals surface area contributed by atoms with Crippen molar-refractivity contribution in [2.45, 2.75) is 32.1 Å². The molecular weight excluding hydrogens is 258 g/mol. The predicted molar refractivity (Wildman–Crippen MR) is 80.2 cm³/mol. The fourth-order valence-electron chi connectivity index (χ4n) is 1.32. The van der Waals surface area contributed by atoms with Gasteiger partial charge in [-0.3, -0.25) is 0 Å². The fourth-order valence-corrected chi connectivity index (χ4v) is 1.52. The van der Waals surface area contributed by atoms with Crippen molar-refractivity contribution in [3.8, 4) is 11.8 Å². The lowest BCUT2D eigenvalue weighted by Gasteiger charge is -2.18. The van der Waals surface area contributed by atoms with Crippen LogP contribution in [0.4, 0.5) is 4.79 Å². The first-order chi connectivity index (χ1) is 8.90. The van der Waals surface area contributed by atoms with Crippen molar-refractivity contribution in [2.75, 3.05) is 6.54 Å². The van der Waals surface area contributed by atoms with Gasteiger partial charge >= 0.3 is 6.09 Å². The van der Waals surface area contributed by atoms with Crippen LogP contribution in [-0.2, 0) is 10.5 Å². The van der Waals surface area contributed by atoms with E-state index in [-0.39, 0.29) is 6.54 Å². The first-order valence-corrected chi connectivity index (χ1v) is 6.69. The average molecular weight is 277 g/mol. The molecule has 1 aromatic rings. The Morgan fingerprint density at radius 2 is 2.16 bits per heavy atom. The summed E-state index contributed by atoms with van der Waals surface area (Å²) < 4.78 is 5.10. The first kappa shape index (κ1) is 15.5. The summed E-state index contributed by atoms with van der Waals surface area (Å²) in [7, 11) is 0. The molecule has 0 aliphatic rings. The number of hydrogen-bond acceptors (Lipinski definition) is 3. The molecule has 0 atom stereocenters. The van der Waals surface area contributed by atoms with Crippen molar-refractivity contribution in [3.63, 3.8) is 0 Å². The van der Waals surface area contributed by atoms with Gasteiger partial charge in [-0.15, -0.1) is 0 Å². The second-order valence-electron chi connectivity index (χ2n) is 5.02. The van der Waals surface area contributed by atoms with E-state index in [0.717, 1.165) is 11.1 Å². The number of amides is 1. The van der Waals surface area contributed by atoms with Crippen molar-refractivity contribution in [2.24, 2.45) is 0 Å². The summed E-state index contributed by atoms with van der Waals surface area (Å²) in [5.74, 6) is 6.55. The Labute approximate surface area is 120 Å². The second-order valence-corrected chi connectivity index (χ2v) is 5.33. The highest BCUT2D eigenvalue weighted by molar-refractivity contribution is 7.79. The normalized spacial score (nSPS) is 10.3. The quantitative estimate of drug-likeness (QED) is 0.644. The Hall–Kier alpha value is -1.60. The van der Waals surface area contributed by atoms with Crippen LogP contribution in [0.5, 0.6) is 0 Å². The van der Waals surface area contributed by atoms with Gasteiger partial charge in [0.1, 0.15) is 5.60 Å². The molecule has 0 aliphatic carbocycles. The first-order valence-electron chi connectivity index (χ1n) is 6.06. The van der Waals surface area contributed by atoms with E-state index < -0.39 is 11.7 Å². The van der Waals surface area contributed by atoms with Gasteiger partial charge in [0.25, 0.3) is 0 Å². The zero-order valence-corrected chi connectivity index (χ0v) is 12.4. The molecule has 19 heavy (non-hydrogen) atoms. The Bertz CT molecular complexity index is 495. The minimum Gasteiger partial charge on any atom is -0.444 e. The van der Waals surface area contributed by atoms with Gasteiger partial charge in [-0.05, 0) is 38.5 Å². The third-order valence-corrected chi connectivity index (χ3v) is 2.43. The van der Waals surface area contributed by atoms with Crippen LogP contribution < -0.4 is 5.32 Å². The minimum absolute atomic E-state index is 0.264. The molecule has 0 unspecified atom stereocenters. The van der Waals surface area contributed by atoms with E-state index in [9.17, 15) is 4.79 Å². The Morgan fingerprint density at radius 3 is 2.79 bits per heavy atom. The average Bonchev–Trinajstić information content (AvgIpc) is 2.33. The van der Waals surface area contributed by atoms with Gasteiger partial charge in [0.05, 0.1) is 6.54 Å². The van der Waals surface area contributed by atoms with E-state index in [0.29, 0.717) is 5.75 Å². The molecule has 0 spiro atoms. The number of ether oxygens (including phenoxy) is 1. The van der Waals surface area contributed by atoms with Crippen LogP contribution in [0.25, 0.3) is 0 Å². The molecule has 0 heterocycles. The zero-order chi connectivity index (χ0) is 14.3.